The molecule has 1 saturated heterocycles. The van der Waals surface area contributed by atoms with Crippen molar-refractivity contribution in [2.75, 3.05) is 13.1 Å². The van der Waals surface area contributed by atoms with Gasteiger partial charge in [0.15, 0.2) is 5.69 Å². The van der Waals surface area contributed by atoms with Gasteiger partial charge in [0.2, 0.25) is 0 Å². The van der Waals surface area contributed by atoms with Gasteiger partial charge in [-0.15, -0.1) is 5.10 Å². The Labute approximate surface area is 122 Å². The van der Waals surface area contributed by atoms with Crippen molar-refractivity contribution in [3.63, 3.8) is 0 Å². The van der Waals surface area contributed by atoms with Gasteiger partial charge in [0.05, 0.1) is 18.4 Å². The molecule has 1 aliphatic heterocycles. The largest absolute Gasteiger partial charge is 0.476 e. The van der Waals surface area contributed by atoms with Gasteiger partial charge in [-0.2, -0.15) is 5.10 Å². The highest BCUT2D eigenvalue weighted by Gasteiger charge is 2.33. The van der Waals surface area contributed by atoms with Crippen molar-refractivity contribution < 1.29 is 9.90 Å². The summed E-state index contributed by atoms with van der Waals surface area (Å²) in [5, 5.41) is 20.7. The van der Waals surface area contributed by atoms with E-state index in [-0.39, 0.29) is 11.7 Å². The van der Waals surface area contributed by atoms with Gasteiger partial charge in [0, 0.05) is 37.4 Å². The minimum atomic E-state index is -1.04. The molecule has 2 aromatic rings. The average Bonchev–Trinajstić information content (AvgIpc) is 3.05. The molecule has 0 bridgehead atoms. The lowest BCUT2D eigenvalue weighted by Crippen LogP contribution is -2.48. The zero-order chi connectivity index (χ0) is 15.0. The van der Waals surface area contributed by atoms with Crippen molar-refractivity contribution in [3.05, 3.63) is 29.8 Å². The molecular formula is C13H18N6O2. The monoisotopic (exact) mass is 290 g/mol. The van der Waals surface area contributed by atoms with E-state index >= 15 is 0 Å². The Morgan fingerprint density at radius 1 is 1.48 bits per heavy atom. The van der Waals surface area contributed by atoms with E-state index in [1.54, 1.807) is 4.68 Å². The van der Waals surface area contributed by atoms with Crippen molar-refractivity contribution in [2.45, 2.75) is 32.5 Å². The summed E-state index contributed by atoms with van der Waals surface area (Å²) < 4.78 is 3.56. The molecule has 112 valence electrons. The van der Waals surface area contributed by atoms with Crippen LogP contribution in [0.25, 0.3) is 0 Å². The van der Waals surface area contributed by atoms with Crippen LogP contribution in [-0.2, 0) is 6.54 Å². The van der Waals surface area contributed by atoms with Crippen LogP contribution in [0.1, 0.15) is 42.0 Å². The molecule has 0 spiro atoms. The molecule has 8 nitrogen and oxygen atoms in total. The zero-order valence-corrected chi connectivity index (χ0v) is 12.0. The Kier molecular flexibility index (Phi) is 3.46. The fraction of sp³-hybridized carbons (Fsp3) is 0.538. The molecule has 21 heavy (non-hydrogen) atoms. The molecule has 1 atom stereocenters. The topological polar surface area (TPSA) is 89.1 Å². The van der Waals surface area contributed by atoms with Crippen LogP contribution in [0.15, 0.2) is 18.6 Å². The third kappa shape index (κ3) is 2.54. The molecule has 8 heteroatoms. The van der Waals surface area contributed by atoms with Gasteiger partial charge in [-0.25, -0.2) is 9.48 Å². The molecule has 1 N–H and O–H groups in total. The molecule has 0 aliphatic carbocycles. The summed E-state index contributed by atoms with van der Waals surface area (Å²) in [5.74, 6) is -1.04. The molecule has 1 fully saturated rings. The number of hydrogen-bond donors (Lipinski definition) is 1. The first-order valence-electron chi connectivity index (χ1n) is 7.00. The van der Waals surface area contributed by atoms with Gasteiger partial charge >= 0.3 is 5.97 Å². The lowest BCUT2D eigenvalue weighted by Gasteiger charge is -2.42. The Balaban J connectivity index is 1.60. The number of rotatable bonds is 5. The predicted octanol–water partition coefficient (Wildman–Crippen LogP) is 0.811. The van der Waals surface area contributed by atoms with Crippen LogP contribution < -0.4 is 0 Å². The standard InChI is InChI=1S/C13H18N6O2/c1-3-18-5-10(4-14-18)9(2)17-6-11(7-17)19-8-12(13(20)21)15-16-19/h4-5,8-9,11H,3,6-7H2,1-2H3,(H,20,21). The Hall–Kier alpha value is -2.22. The summed E-state index contributed by atoms with van der Waals surface area (Å²) in [6.45, 7) is 6.75. The van der Waals surface area contributed by atoms with E-state index in [9.17, 15) is 4.79 Å². The fourth-order valence-corrected chi connectivity index (χ4v) is 2.50. The number of nitrogens with zero attached hydrogens (tertiary/aromatic N) is 6. The van der Waals surface area contributed by atoms with E-state index in [0.717, 1.165) is 19.6 Å². The van der Waals surface area contributed by atoms with Crippen LogP contribution in [0.2, 0.25) is 0 Å². The van der Waals surface area contributed by atoms with E-state index < -0.39 is 5.97 Å². The molecule has 3 rings (SSSR count). The fourth-order valence-electron chi connectivity index (χ4n) is 2.50. The zero-order valence-electron chi connectivity index (χ0n) is 12.0. The quantitative estimate of drug-likeness (QED) is 0.876. The first kappa shape index (κ1) is 13.7. The highest BCUT2D eigenvalue weighted by molar-refractivity contribution is 5.84. The Bertz CT molecular complexity index is 643. The van der Waals surface area contributed by atoms with E-state index in [1.165, 1.54) is 11.8 Å². The molecular weight excluding hydrogens is 272 g/mol. The molecule has 1 aliphatic rings. The average molecular weight is 290 g/mol. The third-order valence-corrected chi connectivity index (χ3v) is 4.00. The third-order valence-electron chi connectivity index (χ3n) is 4.00. The number of likely N-dealkylation sites (tertiary alicyclic amines) is 1. The number of hydrogen-bond acceptors (Lipinski definition) is 5. The van der Waals surface area contributed by atoms with Crippen molar-refractivity contribution in [1.82, 2.24) is 29.7 Å². The van der Waals surface area contributed by atoms with E-state index in [1.807, 2.05) is 10.9 Å². The van der Waals surface area contributed by atoms with Crippen LogP contribution in [0.4, 0.5) is 0 Å². The van der Waals surface area contributed by atoms with Gasteiger partial charge in [0.1, 0.15) is 0 Å². The minimum absolute atomic E-state index is 0.00859. The molecule has 0 radical (unpaired) electrons. The van der Waals surface area contributed by atoms with Gasteiger partial charge in [0.25, 0.3) is 0 Å². The summed E-state index contributed by atoms with van der Waals surface area (Å²) in [4.78, 5) is 13.1. The second-order valence-corrected chi connectivity index (χ2v) is 5.30. The van der Waals surface area contributed by atoms with Crippen molar-refractivity contribution >= 4 is 5.97 Å². The number of carbonyl (C=O) groups is 1. The van der Waals surface area contributed by atoms with Crippen LogP contribution in [0, 0.1) is 0 Å². The summed E-state index contributed by atoms with van der Waals surface area (Å²) in [6.07, 6.45) is 5.46. The molecule has 0 aromatic carbocycles. The molecule has 2 aromatic heterocycles. The van der Waals surface area contributed by atoms with Crippen molar-refractivity contribution in [3.8, 4) is 0 Å². The number of aromatic nitrogens is 5. The van der Waals surface area contributed by atoms with Gasteiger partial charge < -0.3 is 5.11 Å². The lowest BCUT2D eigenvalue weighted by atomic mass is 10.0. The summed E-state index contributed by atoms with van der Waals surface area (Å²) in [5.41, 5.74) is 1.19. The number of aromatic carboxylic acids is 1. The lowest BCUT2D eigenvalue weighted by molar-refractivity contribution is 0.0585. The molecule has 1 unspecified atom stereocenters. The highest BCUT2D eigenvalue weighted by atomic mass is 16.4. The van der Waals surface area contributed by atoms with Crippen molar-refractivity contribution in [2.24, 2.45) is 0 Å². The maximum absolute atomic E-state index is 10.8. The van der Waals surface area contributed by atoms with Crippen molar-refractivity contribution in [1.29, 1.82) is 0 Å². The summed E-state index contributed by atoms with van der Waals surface area (Å²) >= 11 is 0. The normalized spacial score (nSPS) is 17.6. The first-order chi connectivity index (χ1) is 10.1. The van der Waals surface area contributed by atoms with Crippen LogP contribution in [-0.4, -0.2) is 53.8 Å². The second kappa shape index (κ2) is 5.28. The smallest absolute Gasteiger partial charge is 0.358 e. The maximum Gasteiger partial charge on any atom is 0.358 e. The summed E-state index contributed by atoms with van der Waals surface area (Å²) in [7, 11) is 0. The van der Waals surface area contributed by atoms with E-state index in [2.05, 4.69) is 40.4 Å². The van der Waals surface area contributed by atoms with Gasteiger partial charge in [-0.1, -0.05) is 5.21 Å². The van der Waals surface area contributed by atoms with Gasteiger partial charge in [-0.3, -0.25) is 9.58 Å². The number of carboxylic acid groups (broad SMARTS) is 1. The van der Waals surface area contributed by atoms with Crippen LogP contribution in [0.5, 0.6) is 0 Å². The Morgan fingerprint density at radius 3 is 2.81 bits per heavy atom. The summed E-state index contributed by atoms with van der Waals surface area (Å²) in [6, 6.07) is 0.485. The highest BCUT2D eigenvalue weighted by Crippen LogP contribution is 2.30. The molecule has 0 amide bonds. The van der Waals surface area contributed by atoms with E-state index in [0.29, 0.717) is 6.04 Å². The van der Waals surface area contributed by atoms with E-state index in [4.69, 9.17) is 5.11 Å². The van der Waals surface area contributed by atoms with Crippen LogP contribution in [0.3, 0.4) is 0 Å². The predicted molar refractivity (Wildman–Crippen MR) is 73.9 cm³/mol. The first-order valence-corrected chi connectivity index (χ1v) is 7.00. The Morgan fingerprint density at radius 2 is 2.24 bits per heavy atom. The second-order valence-electron chi connectivity index (χ2n) is 5.30. The van der Waals surface area contributed by atoms with Gasteiger partial charge in [-0.05, 0) is 13.8 Å². The number of carboxylic acids is 1. The minimum Gasteiger partial charge on any atom is -0.476 e. The number of aryl methyl sites for hydroxylation is 1. The SMILES string of the molecule is CCn1cc(C(C)N2CC(n3cc(C(=O)O)nn3)C2)cn1. The molecule has 0 saturated carbocycles. The maximum atomic E-state index is 10.8. The van der Waals surface area contributed by atoms with Crippen LogP contribution >= 0.6 is 0 Å². The molecule has 3 heterocycles.